The van der Waals surface area contributed by atoms with E-state index in [-0.39, 0.29) is 11.4 Å². The number of pyridine rings is 1. The molecule has 0 aliphatic heterocycles. The summed E-state index contributed by atoms with van der Waals surface area (Å²) in [4.78, 5) is 16.4. The first-order chi connectivity index (χ1) is 12.4. The number of rotatable bonds is 4. The molecule has 26 heavy (non-hydrogen) atoms. The average Bonchev–Trinajstić information content (AvgIpc) is 2.60. The number of fused-ring (bicyclic) bond motifs is 1. The largest absolute Gasteiger partial charge is 0.334 e. The molecule has 1 heterocycles. The quantitative estimate of drug-likeness (QED) is 0.686. The van der Waals surface area contributed by atoms with Crippen molar-refractivity contribution in [3.8, 4) is 0 Å². The van der Waals surface area contributed by atoms with Crippen LogP contribution in [-0.2, 0) is 13.0 Å². The van der Waals surface area contributed by atoms with Crippen LogP contribution in [0.3, 0.4) is 0 Å². The van der Waals surface area contributed by atoms with Gasteiger partial charge in [0.2, 0.25) is 0 Å². The maximum absolute atomic E-state index is 12.2. The van der Waals surface area contributed by atoms with E-state index in [4.69, 9.17) is 0 Å². The van der Waals surface area contributed by atoms with Crippen LogP contribution in [-0.4, -0.2) is 11.0 Å². The number of amides is 2. The Bertz CT molecular complexity index is 890. The topological polar surface area (TPSA) is 54.0 Å². The summed E-state index contributed by atoms with van der Waals surface area (Å²) in [6.07, 6.45) is 4.55. The van der Waals surface area contributed by atoms with Crippen LogP contribution in [0, 0.1) is 5.41 Å². The van der Waals surface area contributed by atoms with Crippen molar-refractivity contribution in [1.82, 2.24) is 10.3 Å². The Labute approximate surface area is 154 Å². The average molecular weight is 347 g/mol. The fourth-order valence-corrected chi connectivity index (χ4v) is 2.97. The van der Waals surface area contributed by atoms with Crippen LogP contribution in [0.25, 0.3) is 10.8 Å². The van der Waals surface area contributed by atoms with Gasteiger partial charge in [-0.15, -0.1) is 0 Å². The van der Waals surface area contributed by atoms with Gasteiger partial charge in [-0.1, -0.05) is 57.2 Å². The zero-order chi connectivity index (χ0) is 18.6. The van der Waals surface area contributed by atoms with E-state index in [0.29, 0.717) is 6.54 Å². The van der Waals surface area contributed by atoms with E-state index in [1.807, 2.05) is 24.3 Å². The number of urea groups is 1. The van der Waals surface area contributed by atoms with Crippen molar-refractivity contribution in [2.24, 2.45) is 5.41 Å². The van der Waals surface area contributed by atoms with E-state index in [1.165, 1.54) is 5.56 Å². The molecule has 0 bridgehead atoms. The molecule has 0 aliphatic rings. The van der Waals surface area contributed by atoms with E-state index in [1.54, 1.807) is 12.4 Å². The van der Waals surface area contributed by atoms with Gasteiger partial charge >= 0.3 is 6.03 Å². The summed E-state index contributed by atoms with van der Waals surface area (Å²) in [7, 11) is 0. The summed E-state index contributed by atoms with van der Waals surface area (Å²) >= 11 is 0. The molecule has 2 amide bonds. The van der Waals surface area contributed by atoms with Gasteiger partial charge in [-0.3, -0.25) is 4.98 Å². The first kappa shape index (κ1) is 17.9. The second-order valence-electron chi connectivity index (χ2n) is 7.76. The fourth-order valence-electron chi connectivity index (χ4n) is 2.97. The number of anilines is 1. The maximum atomic E-state index is 12.2. The minimum atomic E-state index is -0.215. The minimum Gasteiger partial charge on any atom is -0.334 e. The van der Waals surface area contributed by atoms with Crippen molar-refractivity contribution in [1.29, 1.82) is 0 Å². The summed E-state index contributed by atoms with van der Waals surface area (Å²) in [6, 6.07) is 15.9. The molecule has 0 fully saturated rings. The lowest BCUT2D eigenvalue weighted by Crippen LogP contribution is -2.28. The van der Waals surface area contributed by atoms with E-state index >= 15 is 0 Å². The highest BCUT2D eigenvalue weighted by Gasteiger charge is 2.11. The van der Waals surface area contributed by atoms with Gasteiger partial charge in [-0.05, 0) is 35.1 Å². The third kappa shape index (κ3) is 4.82. The van der Waals surface area contributed by atoms with Crippen molar-refractivity contribution in [2.45, 2.75) is 33.7 Å². The lowest BCUT2D eigenvalue weighted by atomic mass is 9.88. The lowest BCUT2D eigenvalue weighted by Gasteiger charge is -2.18. The van der Waals surface area contributed by atoms with Crippen molar-refractivity contribution >= 4 is 22.5 Å². The number of carbonyl (C=O) groups excluding carboxylic acids is 1. The maximum Gasteiger partial charge on any atom is 0.319 e. The summed E-state index contributed by atoms with van der Waals surface area (Å²) in [6.45, 7) is 7.19. The fraction of sp³-hybridized carbons (Fsp3) is 0.273. The molecule has 3 aromatic rings. The number of nitrogens with zero attached hydrogens (tertiary/aromatic N) is 1. The van der Waals surface area contributed by atoms with Crippen LogP contribution in [0.15, 0.2) is 60.9 Å². The molecule has 0 aliphatic carbocycles. The van der Waals surface area contributed by atoms with E-state index in [0.717, 1.165) is 28.4 Å². The summed E-state index contributed by atoms with van der Waals surface area (Å²) in [5.74, 6) is 0. The lowest BCUT2D eigenvalue weighted by molar-refractivity contribution is 0.252. The van der Waals surface area contributed by atoms with Crippen LogP contribution in [0.1, 0.15) is 31.9 Å². The smallest absolute Gasteiger partial charge is 0.319 e. The zero-order valence-electron chi connectivity index (χ0n) is 15.5. The molecule has 2 aromatic carbocycles. The second kappa shape index (κ2) is 7.56. The van der Waals surface area contributed by atoms with E-state index in [2.05, 4.69) is 60.7 Å². The number of hydrogen-bond acceptors (Lipinski definition) is 2. The van der Waals surface area contributed by atoms with Crippen LogP contribution in [0.4, 0.5) is 10.5 Å². The first-order valence-corrected chi connectivity index (χ1v) is 8.86. The first-order valence-electron chi connectivity index (χ1n) is 8.86. The Kier molecular flexibility index (Phi) is 5.21. The molecule has 0 saturated heterocycles. The minimum absolute atomic E-state index is 0.215. The molecular formula is C22H25N3O. The molecule has 134 valence electrons. The van der Waals surface area contributed by atoms with E-state index in [9.17, 15) is 4.79 Å². The van der Waals surface area contributed by atoms with Crippen molar-refractivity contribution in [3.63, 3.8) is 0 Å². The second-order valence-corrected chi connectivity index (χ2v) is 7.76. The molecule has 0 unspecified atom stereocenters. The van der Waals surface area contributed by atoms with Crippen LogP contribution >= 0.6 is 0 Å². The third-order valence-electron chi connectivity index (χ3n) is 4.14. The zero-order valence-corrected chi connectivity index (χ0v) is 15.5. The molecule has 0 radical (unpaired) electrons. The molecular weight excluding hydrogens is 322 g/mol. The van der Waals surface area contributed by atoms with Crippen molar-refractivity contribution in [2.75, 3.05) is 5.32 Å². The molecule has 3 rings (SSSR count). The molecule has 0 atom stereocenters. The molecule has 4 heteroatoms. The molecule has 4 nitrogen and oxygen atoms in total. The van der Waals surface area contributed by atoms with Gasteiger partial charge < -0.3 is 10.6 Å². The highest BCUT2D eigenvalue weighted by molar-refractivity contribution is 6.01. The number of aromatic nitrogens is 1. The molecule has 0 saturated carbocycles. The standard InChI is InChI=1S/C22H25N3O/c1-22(2,3)13-16-7-9-17(10-8-16)14-24-21(26)25-20-6-4-5-18-15-23-12-11-19(18)20/h4-12,15H,13-14H2,1-3H3,(H2,24,25,26). The Morgan fingerprint density at radius 3 is 2.46 bits per heavy atom. The van der Waals surface area contributed by atoms with Gasteiger partial charge in [0.1, 0.15) is 0 Å². The highest BCUT2D eigenvalue weighted by Crippen LogP contribution is 2.22. The highest BCUT2D eigenvalue weighted by atomic mass is 16.2. The number of hydrogen-bond donors (Lipinski definition) is 2. The van der Waals surface area contributed by atoms with Crippen LogP contribution < -0.4 is 10.6 Å². The number of benzene rings is 2. The Balaban J connectivity index is 1.59. The van der Waals surface area contributed by atoms with Crippen LogP contribution in [0.5, 0.6) is 0 Å². The van der Waals surface area contributed by atoms with Gasteiger partial charge in [0, 0.05) is 29.7 Å². The predicted molar refractivity (Wildman–Crippen MR) is 107 cm³/mol. The SMILES string of the molecule is CC(C)(C)Cc1ccc(CNC(=O)Nc2cccc3cnccc23)cc1. The predicted octanol–water partition coefficient (Wildman–Crippen LogP) is 5.15. The van der Waals surface area contributed by atoms with Crippen molar-refractivity contribution < 1.29 is 4.79 Å². The molecule has 1 aromatic heterocycles. The summed E-state index contributed by atoms with van der Waals surface area (Å²) < 4.78 is 0. The number of nitrogens with one attached hydrogen (secondary N) is 2. The molecule has 2 N–H and O–H groups in total. The van der Waals surface area contributed by atoms with Gasteiger partial charge in [0.15, 0.2) is 0 Å². The summed E-state index contributed by atoms with van der Waals surface area (Å²) in [5, 5.41) is 7.81. The van der Waals surface area contributed by atoms with Gasteiger partial charge in [-0.2, -0.15) is 0 Å². The third-order valence-corrected chi connectivity index (χ3v) is 4.14. The monoisotopic (exact) mass is 347 g/mol. The Hall–Kier alpha value is -2.88. The van der Waals surface area contributed by atoms with Crippen LogP contribution in [0.2, 0.25) is 0 Å². The van der Waals surface area contributed by atoms with Gasteiger partial charge in [0.25, 0.3) is 0 Å². The molecule has 0 spiro atoms. The van der Waals surface area contributed by atoms with Crippen molar-refractivity contribution in [3.05, 3.63) is 72.1 Å². The number of carbonyl (C=O) groups is 1. The Morgan fingerprint density at radius 1 is 1.00 bits per heavy atom. The van der Waals surface area contributed by atoms with Gasteiger partial charge in [-0.25, -0.2) is 4.79 Å². The normalized spacial score (nSPS) is 11.3. The summed E-state index contributed by atoms with van der Waals surface area (Å²) in [5.41, 5.74) is 3.45. The Morgan fingerprint density at radius 2 is 1.73 bits per heavy atom. The van der Waals surface area contributed by atoms with Gasteiger partial charge in [0.05, 0.1) is 5.69 Å². The van der Waals surface area contributed by atoms with E-state index < -0.39 is 0 Å².